The van der Waals surface area contributed by atoms with Crippen molar-refractivity contribution in [3.8, 4) is 0 Å². The predicted octanol–water partition coefficient (Wildman–Crippen LogP) is 1.95. The number of sulfonamides is 1. The molecule has 0 fully saturated rings. The summed E-state index contributed by atoms with van der Waals surface area (Å²) in [7, 11) is -3.52. The number of fused-ring (bicyclic) bond motifs is 1. The highest BCUT2D eigenvalue weighted by Crippen LogP contribution is 2.35. The maximum atomic E-state index is 12.8. The summed E-state index contributed by atoms with van der Waals surface area (Å²) >= 11 is 0.919. The molecule has 1 heterocycles. The van der Waals surface area contributed by atoms with Crippen LogP contribution in [0.15, 0.2) is 12.1 Å². The quantitative estimate of drug-likeness (QED) is 0.903. The number of nitrogens with zero attached hydrogens (tertiary/aromatic N) is 1. The Morgan fingerprint density at radius 3 is 2.60 bits per heavy atom. The highest BCUT2D eigenvalue weighted by molar-refractivity contribution is 7.88. The fourth-order valence-electron chi connectivity index (χ4n) is 1.62. The number of halogens is 3. The second kappa shape index (κ2) is 4.86. The van der Waals surface area contributed by atoms with Crippen LogP contribution in [-0.4, -0.2) is 19.7 Å². The summed E-state index contributed by atoms with van der Waals surface area (Å²) in [6, 6.07) is 1.83. The number of hydrogen-bond acceptors (Lipinski definition) is 5. The van der Waals surface area contributed by atoms with Crippen molar-refractivity contribution >= 4 is 36.7 Å². The van der Waals surface area contributed by atoms with Crippen molar-refractivity contribution in [1.82, 2.24) is 9.71 Å². The Hall–Kier alpha value is -1.39. The first-order valence-corrected chi connectivity index (χ1v) is 7.98. The van der Waals surface area contributed by atoms with Gasteiger partial charge in [-0.05, 0) is 17.7 Å². The summed E-state index contributed by atoms with van der Waals surface area (Å²) < 4.78 is 62.9. The number of rotatable bonds is 3. The summed E-state index contributed by atoms with van der Waals surface area (Å²) in [6.07, 6.45) is -3.60. The van der Waals surface area contributed by atoms with Crippen LogP contribution in [0.1, 0.15) is 11.1 Å². The van der Waals surface area contributed by atoms with Gasteiger partial charge < -0.3 is 5.73 Å². The largest absolute Gasteiger partial charge is 0.416 e. The van der Waals surface area contributed by atoms with Crippen LogP contribution in [-0.2, 0) is 22.7 Å². The third-order valence-electron chi connectivity index (χ3n) is 2.44. The molecule has 0 aliphatic carbocycles. The van der Waals surface area contributed by atoms with Crippen LogP contribution in [0.2, 0.25) is 0 Å². The Morgan fingerprint density at radius 1 is 1.40 bits per heavy atom. The van der Waals surface area contributed by atoms with Gasteiger partial charge in [0, 0.05) is 6.54 Å². The van der Waals surface area contributed by atoms with Crippen molar-refractivity contribution in [3.63, 3.8) is 0 Å². The summed E-state index contributed by atoms with van der Waals surface area (Å²) in [4.78, 5) is 3.93. The lowest BCUT2D eigenvalue weighted by molar-refractivity contribution is -0.137. The molecule has 0 unspecified atom stereocenters. The first-order valence-electron chi connectivity index (χ1n) is 5.27. The van der Waals surface area contributed by atoms with E-state index in [0.717, 1.165) is 29.7 Å². The van der Waals surface area contributed by atoms with E-state index in [9.17, 15) is 21.6 Å². The van der Waals surface area contributed by atoms with E-state index in [-0.39, 0.29) is 27.5 Å². The second-order valence-corrected chi connectivity index (χ2v) is 7.02. The molecule has 0 saturated heterocycles. The molecule has 0 saturated carbocycles. The third-order valence-corrected chi connectivity index (χ3v) is 3.94. The van der Waals surface area contributed by atoms with Crippen molar-refractivity contribution in [2.45, 2.75) is 12.7 Å². The van der Waals surface area contributed by atoms with Crippen molar-refractivity contribution in [2.75, 3.05) is 12.0 Å². The zero-order valence-corrected chi connectivity index (χ0v) is 11.8. The number of alkyl halides is 3. The molecule has 0 aliphatic heterocycles. The fourth-order valence-corrected chi connectivity index (χ4v) is 2.86. The van der Waals surface area contributed by atoms with Crippen molar-refractivity contribution < 1.29 is 21.6 Å². The van der Waals surface area contributed by atoms with E-state index < -0.39 is 21.8 Å². The van der Waals surface area contributed by atoms with Crippen LogP contribution in [0.3, 0.4) is 0 Å². The van der Waals surface area contributed by atoms with E-state index >= 15 is 0 Å². The van der Waals surface area contributed by atoms with Crippen molar-refractivity contribution in [2.24, 2.45) is 0 Å². The summed E-state index contributed by atoms with van der Waals surface area (Å²) in [5.41, 5.74) is 5.03. The maximum absolute atomic E-state index is 12.8. The van der Waals surface area contributed by atoms with Crippen LogP contribution >= 0.6 is 11.3 Å². The van der Waals surface area contributed by atoms with Crippen LogP contribution in [0, 0.1) is 0 Å². The van der Waals surface area contributed by atoms with Gasteiger partial charge in [-0.1, -0.05) is 11.3 Å². The van der Waals surface area contributed by atoms with Gasteiger partial charge in [0.1, 0.15) is 0 Å². The Balaban J connectivity index is 2.55. The van der Waals surface area contributed by atoms with Gasteiger partial charge in [-0.15, -0.1) is 0 Å². The molecule has 1 aromatic heterocycles. The van der Waals surface area contributed by atoms with Crippen molar-refractivity contribution in [3.05, 3.63) is 23.3 Å². The van der Waals surface area contributed by atoms with Gasteiger partial charge in [0.15, 0.2) is 5.13 Å². The third kappa shape index (κ3) is 3.38. The van der Waals surface area contributed by atoms with Gasteiger partial charge in [-0.3, -0.25) is 0 Å². The number of hydrogen-bond donors (Lipinski definition) is 2. The monoisotopic (exact) mass is 325 g/mol. The number of nitrogens with one attached hydrogen (secondary N) is 1. The van der Waals surface area contributed by atoms with Crippen LogP contribution in [0.25, 0.3) is 10.2 Å². The van der Waals surface area contributed by atoms with Gasteiger partial charge in [0.05, 0.1) is 22.0 Å². The average Bonchev–Trinajstić information content (AvgIpc) is 2.63. The van der Waals surface area contributed by atoms with Gasteiger partial charge in [-0.25, -0.2) is 18.1 Å². The average molecular weight is 325 g/mol. The fraction of sp³-hybridized carbons (Fsp3) is 0.300. The minimum Gasteiger partial charge on any atom is -0.375 e. The van der Waals surface area contributed by atoms with E-state index in [1.54, 1.807) is 0 Å². The van der Waals surface area contributed by atoms with E-state index in [1.165, 1.54) is 0 Å². The molecule has 110 valence electrons. The molecule has 0 atom stereocenters. The van der Waals surface area contributed by atoms with Gasteiger partial charge in [0.2, 0.25) is 10.0 Å². The Kier molecular flexibility index (Phi) is 3.65. The van der Waals surface area contributed by atoms with Crippen LogP contribution in [0.5, 0.6) is 0 Å². The minimum absolute atomic E-state index is 0.125. The summed E-state index contributed by atoms with van der Waals surface area (Å²) in [5, 5.41) is 0.125. The molecule has 10 heteroatoms. The zero-order chi connectivity index (χ0) is 15.1. The summed E-state index contributed by atoms with van der Waals surface area (Å²) in [6.45, 7) is -0.275. The van der Waals surface area contributed by atoms with E-state index in [2.05, 4.69) is 9.71 Å². The van der Waals surface area contributed by atoms with Crippen LogP contribution < -0.4 is 10.5 Å². The number of aromatic nitrogens is 1. The lowest BCUT2D eigenvalue weighted by Gasteiger charge is -2.10. The van der Waals surface area contributed by atoms with Crippen molar-refractivity contribution in [1.29, 1.82) is 0 Å². The molecule has 20 heavy (non-hydrogen) atoms. The highest BCUT2D eigenvalue weighted by Gasteiger charge is 2.32. The first kappa shape index (κ1) is 15.0. The smallest absolute Gasteiger partial charge is 0.375 e. The normalized spacial score (nSPS) is 13.0. The molecule has 2 rings (SSSR count). The molecule has 0 amide bonds. The van der Waals surface area contributed by atoms with Gasteiger partial charge in [-0.2, -0.15) is 13.2 Å². The lowest BCUT2D eigenvalue weighted by atomic mass is 10.1. The second-order valence-electron chi connectivity index (χ2n) is 4.13. The zero-order valence-electron chi connectivity index (χ0n) is 10.2. The number of thiazole rings is 1. The SMILES string of the molecule is CS(=O)(=O)NCc1cc(C(F)(F)F)cc2sc(N)nc12. The van der Waals surface area contributed by atoms with E-state index in [0.29, 0.717) is 0 Å². The van der Waals surface area contributed by atoms with E-state index in [4.69, 9.17) is 5.73 Å². The molecular weight excluding hydrogens is 315 g/mol. The number of nitrogens with two attached hydrogens (primary N) is 1. The van der Waals surface area contributed by atoms with Gasteiger partial charge in [0.25, 0.3) is 0 Å². The molecule has 0 spiro atoms. The van der Waals surface area contributed by atoms with E-state index in [1.807, 2.05) is 0 Å². The maximum Gasteiger partial charge on any atom is 0.416 e. The first-order chi connectivity index (χ1) is 9.06. The number of benzene rings is 1. The molecule has 2 aromatic rings. The molecule has 0 aliphatic rings. The Labute approximate surface area is 116 Å². The standard InChI is InChI=1S/C10H10F3N3O2S2/c1-20(17,18)15-4-5-2-6(10(11,12)13)3-7-8(5)16-9(14)19-7/h2-3,15H,4H2,1H3,(H2,14,16). The minimum atomic E-state index is -4.52. The molecule has 0 bridgehead atoms. The molecule has 0 radical (unpaired) electrons. The molecule has 5 nitrogen and oxygen atoms in total. The van der Waals surface area contributed by atoms with Gasteiger partial charge >= 0.3 is 6.18 Å². The predicted molar refractivity (Wildman–Crippen MR) is 70.7 cm³/mol. The lowest BCUT2D eigenvalue weighted by Crippen LogP contribution is -2.21. The molecule has 3 N–H and O–H groups in total. The highest BCUT2D eigenvalue weighted by atomic mass is 32.2. The van der Waals surface area contributed by atoms with Crippen LogP contribution in [0.4, 0.5) is 18.3 Å². The molecule has 1 aromatic carbocycles. The molecular formula is C10H10F3N3O2S2. The number of nitrogen functional groups attached to an aromatic ring is 1. The Morgan fingerprint density at radius 2 is 2.05 bits per heavy atom. The number of anilines is 1. The topological polar surface area (TPSA) is 85.1 Å². The summed E-state index contributed by atoms with van der Waals surface area (Å²) in [5.74, 6) is 0. The Bertz CT molecular complexity index is 753.